The predicted molar refractivity (Wildman–Crippen MR) is 72.2 cm³/mol. The number of hydrogen-bond acceptors (Lipinski definition) is 3. The van der Waals surface area contributed by atoms with Gasteiger partial charge in [0.05, 0.1) is 10.7 Å². The monoisotopic (exact) mass is 280 g/mol. The van der Waals surface area contributed by atoms with Gasteiger partial charge in [-0.3, -0.25) is 0 Å². The van der Waals surface area contributed by atoms with Crippen molar-refractivity contribution in [1.29, 1.82) is 0 Å². The maximum atomic E-state index is 13.7. The lowest BCUT2D eigenvalue weighted by Crippen LogP contribution is -2.23. The van der Waals surface area contributed by atoms with E-state index in [0.717, 1.165) is 36.5 Å². The summed E-state index contributed by atoms with van der Waals surface area (Å²) in [5.74, 6) is -0.874. The molecule has 0 radical (unpaired) electrons. The average Bonchev–Trinajstić information content (AvgIpc) is 3.04. The number of benzene rings is 1. The largest absolute Gasteiger partial charge is 0.314 e. The first-order chi connectivity index (χ1) is 9.22. The highest BCUT2D eigenvalue weighted by Gasteiger charge is 2.17. The molecule has 1 atom stereocenters. The van der Waals surface area contributed by atoms with Gasteiger partial charge in [-0.05, 0) is 37.6 Å². The molecule has 0 amide bonds. The van der Waals surface area contributed by atoms with Crippen LogP contribution >= 0.6 is 11.3 Å². The van der Waals surface area contributed by atoms with Gasteiger partial charge in [-0.2, -0.15) is 0 Å². The predicted octanol–water partition coefficient (Wildman–Crippen LogP) is 3.38. The third-order valence-corrected chi connectivity index (χ3v) is 4.21. The van der Waals surface area contributed by atoms with E-state index < -0.39 is 11.6 Å². The molecule has 2 aromatic rings. The Bertz CT molecular complexity index is 577. The molecule has 0 spiro atoms. The van der Waals surface area contributed by atoms with Crippen molar-refractivity contribution < 1.29 is 8.78 Å². The van der Waals surface area contributed by atoms with E-state index in [2.05, 4.69) is 10.3 Å². The molecule has 2 heterocycles. The van der Waals surface area contributed by atoms with Gasteiger partial charge in [0.25, 0.3) is 0 Å². The SMILES string of the molecule is Fc1ccc(F)c(-c2csc(CC3CCCN3)n2)c1. The van der Waals surface area contributed by atoms with Crippen LogP contribution in [0.25, 0.3) is 11.3 Å². The van der Waals surface area contributed by atoms with Crippen molar-refractivity contribution in [2.75, 3.05) is 6.54 Å². The van der Waals surface area contributed by atoms with Gasteiger partial charge in [-0.25, -0.2) is 13.8 Å². The van der Waals surface area contributed by atoms with E-state index in [1.165, 1.54) is 23.8 Å². The fourth-order valence-electron chi connectivity index (χ4n) is 2.36. The van der Waals surface area contributed by atoms with Gasteiger partial charge in [0.2, 0.25) is 0 Å². The highest BCUT2D eigenvalue weighted by molar-refractivity contribution is 7.09. The molecule has 5 heteroatoms. The summed E-state index contributed by atoms with van der Waals surface area (Å²) in [7, 11) is 0. The van der Waals surface area contributed by atoms with Gasteiger partial charge < -0.3 is 5.32 Å². The van der Waals surface area contributed by atoms with Crippen molar-refractivity contribution in [2.24, 2.45) is 0 Å². The Morgan fingerprint density at radius 3 is 3.05 bits per heavy atom. The van der Waals surface area contributed by atoms with Crippen LogP contribution in [0.15, 0.2) is 23.6 Å². The second-order valence-corrected chi connectivity index (χ2v) is 5.69. The number of nitrogens with one attached hydrogen (secondary N) is 1. The van der Waals surface area contributed by atoms with E-state index >= 15 is 0 Å². The summed E-state index contributed by atoms with van der Waals surface area (Å²) in [4.78, 5) is 4.42. The van der Waals surface area contributed by atoms with E-state index in [9.17, 15) is 8.78 Å². The minimum Gasteiger partial charge on any atom is -0.314 e. The van der Waals surface area contributed by atoms with Gasteiger partial charge in [0, 0.05) is 23.4 Å². The van der Waals surface area contributed by atoms with Crippen LogP contribution < -0.4 is 5.32 Å². The molecule has 0 saturated carbocycles. The van der Waals surface area contributed by atoms with Crippen molar-refractivity contribution in [2.45, 2.75) is 25.3 Å². The van der Waals surface area contributed by atoms with E-state index in [4.69, 9.17) is 0 Å². The van der Waals surface area contributed by atoms with Crippen LogP contribution in [0.3, 0.4) is 0 Å². The second-order valence-electron chi connectivity index (χ2n) is 4.75. The molecule has 1 unspecified atom stereocenters. The molecule has 19 heavy (non-hydrogen) atoms. The van der Waals surface area contributed by atoms with Crippen molar-refractivity contribution in [3.8, 4) is 11.3 Å². The van der Waals surface area contributed by atoms with Gasteiger partial charge in [-0.1, -0.05) is 0 Å². The smallest absolute Gasteiger partial charge is 0.132 e. The Balaban J connectivity index is 1.82. The molecule has 100 valence electrons. The first-order valence-electron chi connectivity index (χ1n) is 6.35. The quantitative estimate of drug-likeness (QED) is 0.932. The Morgan fingerprint density at radius 1 is 1.37 bits per heavy atom. The normalized spacial score (nSPS) is 18.9. The molecular formula is C14H14F2N2S. The number of thiazole rings is 1. The molecule has 1 aliphatic heterocycles. The second kappa shape index (κ2) is 5.35. The summed E-state index contributed by atoms with van der Waals surface area (Å²) in [6, 6.07) is 3.93. The van der Waals surface area contributed by atoms with Gasteiger partial charge in [0.15, 0.2) is 0 Å². The molecule has 1 N–H and O–H groups in total. The zero-order valence-electron chi connectivity index (χ0n) is 10.3. The first kappa shape index (κ1) is 12.7. The Morgan fingerprint density at radius 2 is 2.26 bits per heavy atom. The highest BCUT2D eigenvalue weighted by Crippen LogP contribution is 2.26. The van der Waals surface area contributed by atoms with E-state index in [-0.39, 0.29) is 5.56 Å². The summed E-state index contributed by atoms with van der Waals surface area (Å²) in [6.45, 7) is 1.06. The van der Waals surface area contributed by atoms with Crippen LogP contribution in [-0.2, 0) is 6.42 Å². The molecule has 1 aromatic carbocycles. The number of halogens is 2. The van der Waals surface area contributed by atoms with Crippen LogP contribution in [-0.4, -0.2) is 17.6 Å². The van der Waals surface area contributed by atoms with Crippen LogP contribution in [0.1, 0.15) is 17.8 Å². The van der Waals surface area contributed by atoms with Crippen LogP contribution in [0.2, 0.25) is 0 Å². The summed E-state index contributed by atoms with van der Waals surface area (Å²) < 4.78 is 26.8. The Kier molecular flexibility index (Phi) is 3.57. The first-order valence-corrected chi connectivity index (χ1v) is 7.23. The van der Waals surface area contributed by atoms with Crippen LogP contribution in [0, 0.1) is 11.6 Å². The molecule has 1 aromatic heterocycles. The zero-order chi connectivity index (χ0) is 13.2. The third kappa shape index (κ3) is 2.82. The summed E-state index contributed by atoms with van der Waals surface area (Å²) in [5, 5.41) is 6.17. The topological polar surface area (TPSA) is 24.9 Å². The number of rotatable bonds is 3. The van der Waals surface area contributed by atoms with Gasteiger partial charge in [0.1, 0.15) is 11.6 Å². The number of aromatic nitrogens is 1. The summed E-state index contributed by atoms with van der Waals surface area (Å²) in [5.41, 5.74) is 0.761. The number of hydrogen-bond donors (Lipinski definition) is 1. The van der Waals surface area contributed by atoms with Crippen molar-refractivity contribution in [3.05, 3.63) is 40.2 Å². The fraction of sp³-hybridized carbons (Fsp3) is 0.357. The molecule has 3 rings (SSSR count). The maximum Gasteiger partial charge on any atom is 0.132 e. The fourth-order valence-corrected chi connectivity index (χ4v) is 3.24. The van der Waals surface area contributed by atoms with Crippen molar-refractivity contribution in [3.63, 3.8) is 0 Å². The Labute approximate surface area is 114 Å². The lowest BCUT2D eigenvalue weighted by Gasteiger charge is -2.06. The minimum atomic E-state index is -0.441. The van der Waals surface area contributed by atoms with Crippen LogP contribution in [0.5, 0.6) is 0 Å². The standard InChI is InChI=1S/C14H14F2N2S/c15-9-3-4-12(16)11(6-9)13-8-19-14(18-13)7-10-2-1-5-17-10/h3-4,6,8,10,17H,1-2,5,7H2. The van der Waals surface area contributed by atoms with Gasteiger partial charge in [-0.15, -0.1) is 11.3 Å². The lowest BCUT2D eigenvalue weighted by molar-refractivity contribution is 0.599. The Hall–Kier alpha value is -1.33. The summed E-state index contributed by atoms with van der Waals surface area (Å²) >= 11 is 1.51. The van der Waals surface area contributed by atoms with E-state index in [0.29, 0.717) is 11.7 Å². The lowest BCUT2D eigenvalue weighted by atomic mass is 10.1. The van der Waals surface area contributed by atoms with E-state index in [1.807, 2.05) is 0 Å². The number of nitrogens with zero attached hydrogens (tertiary/aromatic N) is 1. The third-order valence-electron chi connectivity index (χ3n) is 3.34. The maximum absolute atomic E-state index is 13.7. The molecule has 1 fully saturated rings. The van der Waals surface area contributed by atoms with Crippen LogP contribution in [0.4, 0.5) is 8.78 Å². The highest BCUT2D eigenvalue weighted by atomic mass is 32.1. The van der Waals surface area contributed by atoms with Gasteiger partial charge >= 0.3 is 0 Å². The molecular weight excluding hydrogens is 266 g/mol. The van der Waals surface area contributed by atoms with Crippen molar-refractivity contribution >= 4 is 11.3 Å². The average molecular weight is 280 g/mol. The van der Waals surface area contributed by atoms with E-state index in [1.54, 1.807) is 5.38 Å². The summed E-state index contributed by atoms with van der Waals surface area (Å²) in [6.07, 6.45) is 3.21. The van der Waals surface area contributed by atoms with Crippen molar-refractivity contribution in [1.82, 2.24) is 10.3 Å². The molecule has 2 nitrogen and oxygen atoms in total. The minimum absolute atomic E-state index is 0.238. The molecule has 1 aliphatic rings. The molecule has 0 bridgehead atoms. The molecule has 1 saturated heterocycles. The zero-order valence-corrected chi connectivity index (χ0v) is 11.1. The molecule has 0 aliphatic carbocycles.